The maximum Gasteiger partial charge on any atom is 0.252 e. The number of hydrogen-bond donors (Lipinski definition) is 1. The molecule has 0 aromatic heterocycles. The fourth-order valence-electron chi connectivity index (χ4n) is 2.10. The molecule has 0 aliphatic carbocycles. The molecule has 0 aliphatic heterocycles. The standard InChI is InChI=1S/C17H18ClNO/c1-13-7-6-8-14(11-13)16(20)19-17(2,12-18)15-9-4-3-5-10-15/h3-11H,12H2,1-2H3,(H,19,20). The van der Waals surface area contributed by atoms with Crippen molar-refractivity contribution < 1.29 is 4.79 Å². The summed E-state index contributed by atoms with van der Waals surface area (Å²) < 4.78 is 0. The lowest BCUT2D eigenvalue weighted by Crippen LogP contribution is -2.45. The van der Waals surface area contributed by atoms with Crippen molar-refractivity contribution in [2.45, 2.75) is 19.4 Å². The summed E-state index contributed by atoms with van der Waals surface area (Å²) in [5.41, 5.74) is 2.13. The molecule has 0 spiro atoms. The molecule has 0 fully saturated rings. The second-order valence-corrected chi connectivity index (χ2v) is 5.42. The number of hydrogen-bond acceptors (Lipinski definition) is 1. The van der Waals surface area contributed by atoms with Crippen molar-refractivity contribution in [1.29, 1.82) is 0 Å². The molecule has 20 heavy (non-hydrogen) atoms. The molecule has 2 aromatic carbocycles. The average molecular weight is 288 g/mol. The number of amides is 1. The Morgan fingerprint density at radius 3 is 2.45 bits per heavy atom. The number of carbonyl (C=O) groups is 1. The maximum atomic E-state index is 12.4. The Balaban J connectivity index is 2.24. The number of rotatable bonds is 4. The molecular formula is C17H18ClNO. The molecule has 3 heteroatoms. The molecule has 2 nitrogen and oxygen atoms in total. The Labute approximate surface area is 124 Å². The summed E-state index contributed by atoms with van der Waals surface area (Å²) in [5.74, 6) is 0.204. The Morgan fingerprint density at radius 2 is 1.85 bits per heavy atom. The van der Waals surface area contributed by atoms with Gasteiger partial charge in [-0.2, -0.15) is 0 Å². The molecule has 1 amide bonds. The van der Waals surface area contributed by atoms with Gasteiger partial charge in [0, 0.05) is 11.4 Å². The van der Waals surface area contributed by atoms with Gasteiger partial charge in [-0.15, -0.1) is 11.6 Å². The minimum absolute atomic E-state index is 0.110. The van der Waals surface area contributed by atoms with Gasteiger partial charge >= 0.3 is 0 Å². The van der Waals surface area contributed by atoms with Gasteiger partial charge in [0.1, 0.15) is 0 Å². The second-order valence-electron chi connectivity index (χ2n) is 5.16. The van der Waals surface area contributed by atoms with Crippen LogP contribution in [-0.2, 0) is 5.54 Å². The SMILES string of the molecule is Cc1cccc(C(=O)NC(C)(CCl)c2ccccc2)c1. The van der Waals surface area contributed by atoms with Crippen molar-refractivity contribution in [3.8, 4) is 0 Å². The van der Waals surface area contributed by atoms with Crippen LogP contribution in [-0.4, -0.2) is 11.8 Å². The molecular weight excluding hydrogens is 270 g/mol. The predicted molar refractivity (Wildman–Crippen MR) is 83.2 cm³/mol. The largest absolute Gasteiger partial charge is 0.342 e. The van der Waals surface area contributed by atoms with E-state index in [2.05, 4.69) is 5.32 Å². The monoisotopic (exact) mass is 287 g/mol. The lowest BCUT2D eigenvalue weighted by Gasteiger charge is -2.29. The molecule has 1 unspecified atom stereocenters. The zero-order valence-corrected chi connectivity index (χ0v) is 12.4. The molecule has 2 aromatic rings. The highest BCUT2D eigenvalue weighted by Crippen LogP contribution is 2.22. The van der Waals surface area contributed by atoms with Gasteiger partial charge in [0.05, 0.1) is 5.54 Å². The van der Waals surface area contributed by atoms with Crippen molar-refractivity contribution in [3.05, 3.63) is 71.3 Å². The highest BCUT2D eigenvalue weighted by atomic mass is 35.5. The lowest BCUT2D eigenvalue weighted by molar-refractivity contribution is 0.0913. The molecule has 0 bridgehead atoms. The summed E-state index contributed by atoms with van der Waals surface area (Å²) in [6.45, 7) is 3.90. The van der Waals surface area contributed by atoms with E-state index in [1.807, 2.05) is 68.4 Å². The van der Waals surface area contributed by atoms with Crippen LogP contribution in [0.4, 0.5) is 0 Å². The molecule has 1 atom stereocenters. The predicted octanol–water partition coefficient (Wildman–Crippen LogP) is 3.88. The molecule has 104 valence electrons. The normalized spacial score (nSPS) is 13.6. The number of aryl methyl sites for hydroxylation is 1. The van der Waals surface area contributed by atoms with Crippen LogP contribution in [0.1, 0.15) is 28.4 Å². The fourth-order valence-corrected chi connectivity index (χ4v) is 2.32. The summed E-state index contributed by atoms with van der Waals surface area (Å²) in [6.07, 6.45) is 0. The molecule has 0 heterocycles. The maximum absolute atomic E-state index is 12.4. The third kappa shape index (κ3) is 3.20. The second kappa shape index (κ2) is 6.10. The summed E-state index contributed by atoms with van der Waals surface area (Å²) in [7, 11) is 0. The van der Waals surface area contributed by atoms with E-state index >= 15 is 0 Å². The van der Waals surface area contributed by atoms with Crippen molar-refractivity contribution in [3.63, 3.8) is 0 Å². The minimum Gasteiger partial charge on any atom is -0.342 e. The minimum atomic E-state index is -0.580. The van der Waals surface area contributed by atoms with Gasteiger partial charge in [0.2, 0.25) is 0 Å². The Morgan fingerprint density at radius 1 is 1.15 bits per heavy atom. The van der Waals surface area contributed by atoms with Crippen molar-refractivity contribution in [2.75, 3.05) is 5.88 Å². The van der Waals surface area contributed by atoms with Gasteiger partial charge < -0.3 is 5.32 Å². The molecule has 0 saturated carbocycles. The summed E-state index contributed by atoms with van der Waals surface area (Å²) >= 11 is 6.09. The summed E-state index contributed by atoms with van der Waals surface area (Å²) in [5, 5.41) is 3.03. The van der Waals surface area contributed by atoms with E-state index in [-0.39, 0.29) is 5.91 Å². The topological polar surface area (TPSA) is 29.1 Å². The van der Waals surface area contributed by atoms with Crippen LogP contribution in [0.3, 0.4) is 0 Å². The Bertz CT molecular complexity index is 597. The van der Waals surface area contributed by atoms with E-state index < -0.39 is 5.54 Å². The van der Waals surface area contributed by atoms with Crippen LogP contribution >= 0.6 is 11.6 Å². The number of nitrogens with one attached hydrogen (secondary N) is 1. The van der Waals surface area contributed by atoms with Crippen LogP contribution in [0, 0.1) is 6.92 Å². The first-order valence-corrected chi connectivity index (χ1v) is 7.09. The van der Waals surface area contributed by atoms with Gasteiger partial charge in [-0.05, 0) is 31.5 Å². The van der Waals surface area contributed by atoms with Gasteiger partial charge in [-0.25, -0.2) is 0 Å². The molecule has 2 rings (SSSR count). The molecule has 1 N–H and O–H groups in total. The smallest absolute Gasteiger partial charge is 0.252 e. The first-order chi connectivity index (χ1) is 9.55. The Hall–Kier alpha value is -1.80. The van der Waals surface area contributed by atoms with Gasteiger partial charge in [0.15, 0.2) is 0 Å². The first-order valence-electron chi connectivity index (χ1n) is 6.56. The number of benzene rings is 2. The first kappa shape index (κ1) is 14.6. The highest BCUT2D eigenvalue weighted by Gasteiger charge is 2.27. The summed E-state index contributed by atoms with van der Waals surface area (Å²) in [4.78, 5) is 12.4. The van der Waals surface area contributed by atoms with Crippen molar-refractivity contribution >= 4 is 17.5 Å². The van der Waals surface area contributed by atoms with E-state index in [1.54, 1.807) is 0 Å². The van der Waals surface area contributed by atoms with E-state index in [0.29, 0.717) is 11.4 Å². The Kier molecular flexibility index (Phi) is 4.46. The quantitative estimate of drug-likeness (QED) is 0.850. The molecule has 0 saturated heterocycles. The highest BCUT2D eigenvalue weighted by molar-refractivity contribution is 6.19. The van der Waals surface area contributed by atoms with Gasteiger partial charge in [-0.3, -0.25) is 4.79 Å². The van der Waals surface area contributed by atoms with Crippen molar-refractivity contribution in [1.82, 2.24) is 5.32 Å². The summed E-state index contributed by atoms with van der Waals surface area (Å²) in [6, 6.07) is 17.3. The van der Waals surface area contributed by atoms with Crippen LogP contribution in [0.25, 0.3) is 0 Å². The van der Waals surface area contributed by atoms with E-state index in [0.717, 1.165) is 11.1 Å². The lowest BCUT2D eigenvalue weighted by atomic mass is 9.93. The van der Waals surface area contributed by atoms with E-state index in [4.69, 9.17) is 11.6 Å². The number of halogens is 1. The van der Waals surface area contributed by atoms with E-state index in [1.165, 1.54) is 0 Å². The zero-order chi connectivity index (χ0) is 14.6. The zero-order valence-electron chi connectivity index (χ0n) is 11.7. The van der Waals surface area contributed by atoms with Crippen LogP contribution in [0.2, 0.25) is 0 Å². The van der Waals surface area contributed by atoms with Gasteiger partial charge in [0.25, 0.3) is 5.91 Å². The van der Waals surface area contributed by atoms with E-state index in [9.17, 15) is 4.79 Å². The third-order valence-corrected chi connectivity index (χ3v) is 3.88. The molecule has 0 aliphatic rings. The average Bonchev–Trinajstić information content (AvgIpc) is 2.48. The van der Waals surface area contributed by atoms with Crippen molar-refractivity contribution in [2.24, 2.45) is 0 Å². The third-order valence-electron chi connectivity index (χ3n) is 3.35. The number of alkyl halides is 1. The fraction of sp³-hybridized carbons (Fsp3) is 0.235. The number of carbonyl (C=O) groups excluding carboxylic acids is 1. The molecule has 0 radical (unpaired) electrons. The van der Waals surface area contributed by atoms with Gasteiger partial charge in [-0.1, -0.05) is 48.0 Å². The van der Waals surface area contributed by atoms with Crippen LogP contribution < -0.4 is 5.32 Å². The van der Waals surface area contributed by atoms with Crippen LogP contribution in [0.5, 0.6) is 0 Å². The van der Waals surface area contributed by atoms with Crippen LogP contribution in [0.15, 0.2) is 54.6 Å².